The van der Waals surface area contributed by atoms with Crippen LogP contribution in [-0.4, -0.2) is 45.5 Å². The van der Waals surface area contributed by atoms with Crippen molar-refractivity contribution in [2.75, 3.05) is 24.3 Å². The lowest BCUT2D eigenvalue weighted by Crippen LogP contribution is -2.29. The number of halogens is 1. The third kappa shape index (κ3) is 7.56. The molecule has 0 fully saturated rings. The highest BCUT2D eigenvalue weighted by atomic mass is 32.2. The molecule has 0 saturated carbocycles. The van der Waals surface area contributed by atoms with Gasteiger partial charge in [0.05, 0.1) is 18.9 Å². The molecule has 0 radical (unpaired) electrons. The van der Waals surface area contributed by atoms with Gasteiger partial charge < -0.3 is 20.1 Å². The first-order chi connectivity index (χ1) is 18.5. The number of carbonyl (C=O) groups excluding carboxylic acids is 2. The Kier molecular flexibility index (Phi) is 9.30. The van der Waals surface area contributed by atoms with Crippen LogP contribution in [0.4, 0.5) is 10.1 Å². The molecular formula is C27H26FN5O4S. The summed E-state index contributed by atoms with van der Waals surface area (Å²) >= 11 is 1.17. The molecule has 0 bridgehead atoms. The van der Waals surface area contributed by atoms with E-state index in [4.69, 9.17) is 9.47 Å². The van der Waals surface area contributed by atoms with Gasteiger partial charge in [-0.05, 0) is 67.6 Å². The molecule has 3 aromatic carbocycles. The van der Waals surface area contributed by atoms with Crippen molar-refractivity contribution in [3.63, 3.8) is 0 Å². The van der Waals surface area contributed by atoms with Gasteiger partial charge in [-0.3, -0.25) is 14.2 Å². The number of carbonyl (C=O) groups is 2. The van der Waals surface area contributed by atoms with Crippen LogP contribution in [0.2, 0.25) is 0 Å². The number of thioether (sulfide) groups is 1. The molecule has 1 heterocycles. The number of rotatable bonds is 12. The molecule has 0 aliphatic heterocycles. The fraction of sp³-hybridized carbons (Fsp3) is 0.185. The summed E-state index contributed by atoms with van der Waals surface area (Å²) in [5.74, 6) is 0.812. The van der Waals surface area contributed by atoms with Crippen LogP contribution < -0.4 is 20.1 Å². The van der Waals surface area contributed by atoms with E-state index in [9.17, 15) is 14.0 Å². The predicted molar refractivity (Wildman–Crippen MR) is 142 cm³/mol. The van der Waals surface area contributed by atoms with E-state index in [0.717, 1.165) is 5.75 Å². The summed E-state index contributed by atoms with van der Waals surface area (Å²) in [5.41, 5.74) is 1.23. The van der Waals surface area contributed by atoms with Crippen molar-refractivity contribution in [3.8, 4) is 17.2 Å². The molecule has 4 rings (SSSR count). The van der Waals surface area contributed by atoms with Crippen LogP contribution in [-0.2, 0) is 16.1 Å². The second-order valence-electron chi connectivity index (χ2n) is 7.88. The number of amides is 2. The van der Waals surface area contributed by atoms with Crippen molar-refractivity contribution in [2.45, 2.75) is 18.6 Å². The number of aromatic nitrogens is 3. The first kappa shape index (κ1) is 26.7. The van der Waals surface area contributed by atoms with E-state index in [0.29, 0.717) is 34.7 Å². The van der Waals surface area contributed by atoms with E-state index in [1.54, 1.807) is 53.1 Å². The van der Waals surface area contributed by atoms with Crippen LogP contribution in [0, 0.1) is 5.82 Å². The van der Waals surface area contributed by atoms with E-state index in [1.165, 1.54) is 23.9 Å². The summed E-state index contributed by atoms with van der Waals surface area (Å²) < 4.78 is 26.1. The minimum absolute atomic E-state index is 0.0558. The zero-order chi connectivity index (χ0) is 26.7. The minimum Gasteiger partial charge on any atom is -0.494 e. The van der Waals surface area contributed by atoms with Gasteiger partial charge in [-0.1, -0.05) is 30.0 Å². The predicted octanol–water partition coefficient (Wildman–Crippen LogP) is 4.23. The number of para-hydroxylation sites is 1. The monoisotopic (exact) mass is 535 g/mol. The third-order valence-electron chi connectivity index (χ3n) is 5.12. The molecule has 196 valence electrons. The Morgan fingerprint density at radius 3 is 2.32 bits per heavy atom. The average Bonchev–Trinajstić information content (AvgIpc) is 3.34. The van der Waals surface area contributed by atoms with Crippen molar-refractivity contribution in [2.24, 2.45) is 0 Å². The van der Waals surface area contributed by atoms with Crippen molar-refractivity contribution in [1.82, 2.24) is 20.1 Å². The number of anilines is 1. The van der Waals surface area contributed by atoms with Crippen LogP contribution in [0.15, 0.2) is 84.0 Å². The second-order valence-corrected chi connectivity index (χ2v) is 8.83. The molecule has 0 unspecified atom stereocenters. The number of hydrogen-bond acceptors (Lipinski definition) is 7. The van der Waals surface area contributed by atoms with E-state index in [-0.39, 0.29) is 30.7 Å². The van der Waals surface area contributed by atoms with Gasteiger partial charge in [-0.15, -0.1) is 10.2 Å². The Morgan fingerprint density at radius 2 is 1.61 bits per heavy atom. The second kappa shape index (κ2) is 13.2. The number of ether oxygens (including phenoxy) is 2. The summed E-state index contributed by atoms with van der Waals surface area (Å²) in [4.78, 5) is 24.9. The molecule has 38 heavy (non-hydrogen) atoms. The Hall–Kier alpha value is -4.38. The molecular weight excluding hydrogens is 509 g/mol. The van der Waals surface area contributed by atoms with Gasteiger partial charge in [-0.25, -0.2) is 4.39 Å². The molecule has 0 atom stereocenters. The normalized spacial score (nSPS) is 10.6. The quantitative estimate of drug-likeness (QED) is 0.262. The van der Waals surface area contributed by atoms with Gasteiger partial charge in [0.1, 0.15) is 17.3 Å². The Labute approximate surface area is 223 Å². The van der Waals surface area contributed by atoms with Crippen molar-refractivity contribution < 1.29 is 23.5 Å². The highest BCUT2D eigenvalue weighted by Crippen LogP contribution is 2.23. The summed E-state index contributed by atoms with van der Waals surface area (Å²) in [5, 5.41) is 14.4. The third-order valence-corrected chi connectivity index (χ3v) is 6.05. The lowest BCUT2D eigenvalue weighted by atomic mass is 10.3. The largest absolute Gasteiger partial charge is 0.494 e. The van der Waals surface area contributed by atoms with E-state index >= 15 is 0 Å². The summed E-state index contributed by atoms with van der Waals surface area (Å²) in [6, 6.07) is 21.9. The maximum Gasteiger partial charge on any atom is 0.258 e. The number of nitrogens with one attached hydrogen (secondary N) is 2. The maximum atomic E-state index is 13.6. The lowest BCUT2D eigenvalue weighted by Gasteiger charge is -2.12. The molecule has 0 aliphatic carbocycles. The maximum absolute atomic E-state index is 13.6. The Morgan fingerprint density at radius 1 is 0.895 bits per heavy atom. The van der Waals surface area contributed by atoms with E-state index in [1.807, 2.05) is 25.1 Å². The first-order valence-electron chi connectivity index (χ1n) is 11.8. The van der Waals surface area contributed by atoms with Gasteiger partial charge in [0, 0.05) is 11.4 Å². The Bertz CT molecular complexity index is 1350. The standard InChI is InChI=1S/C27H26FN5O4S/c1-2-36-23-14-10-20(11-15-23)30-26(35)18-38-27-32-31-24(33(27)21-12-8-19(28)9-13-21)16-29-25(34)17-37-22-6-4-3-5-7-22/h3-15H,2,16-18H2,1H3,(H,29,34)(H,30,35). The van der Waals surface area contributed by atoms with Crippen LogP contribution in [0.3, 0.4) is 0 Å². The highest BCUT2D eigenvalue weighted by molar-refractivity contribution is 7.99. The molecule has 2 N–H and O–H groups in total. The topological polar surface area (TPSA) is 107 Å². The van der Waals surface area contributed by atoms with Crippen LogP contribution in [0.1, 0.15) is 12.7 Å². The molecule has 9 nitrogen and oxygen atoms in total. The fourth-order valence-corrected chi connectivity index (χ4v) is 4.15. The fourth-order valence-electron chi connectivity index (χ4n) is 3.38. The molecule has 4 aromatic rings. The Balaban J connectivity index is 1.40. The molecule has 11 heteroatoms. The smallest absolute Gasteiger partial charge is 0.258 e. The van der Waals surface area contributed by atoms with Crippen LogP contribution >= 0.6 is 11.8 Å². The van der Waals surface area contributed by atoms with E-state index < -0.39 is 5.82 Å². The SMILES string of the molecule is CCOc1ccc(NC(=O)CSc2nnc(CNC(=O)COc3ccccc3)n2-c2ccc(F)cc2)cc1. The van der Waals surface area contributed by atoms with Crippen LogP contribution in [0.5, 0.6) is 11.5 Å². The van der Waals surface area contributed by atoms with Gasteiger partial charge in [0.25, 0.3) is 5.91 Å². The lowest BCUT2D eigenvalue weighted by molar-refractivity contribution is -0.123. The minimum atomic E-state index is -0.390. The van der Waals surface area contributed by atoms with Crippen molar-refractivity contribution >= 4 is 29.3 Å². The molecule has 1 aromatic heterocycles. The van der Waals surface area contributed by atoms with Crippen molar-refractivity contribution in [3.05, 3.63) is 90.5 Å². The summed E-state index contributed by atoms with van der Waals surface area (Å²) in [6.07, 6.45) is 0. The summed E-state index contributed by atoms with van der Waals surface area (Å²) in [7, 11) is 0. The number of benzene rings is 3. The van der Waals surface area contributed by atoms with Gasteiger partial charge >= 0.3 is 0 Å². The number of hydrogen-bond donors (Lipinski definition) is 2. The van der Waals surface area contributed by atoms with Gasteiger partial charge in [0.15, 0.2) is 17.6 Å². The zero-order valence-corrected chi connectivity index (χ0v) is 21.4. The summed E-state index contributed by atoms with van der Waals surface area (Å²) in [6.45, 7) is 2.35. The molecule has 2 amide bonds. The van der Waals surface area contributed by atoms with Crippen LogP contribution in [0.25, 0.3) is 5.69 Å². The average molecular weight is 536 g/mol. The first-order valence-corrected chi connectivity index (χ1v) is 12.8. The zero-order valence-electron chi connectivity index (χ0n) is 20.6. The highest BCUT2D eigenvalue weighted by Gasteiger charge is 2.17. The van der Waals surface area contributed by atoms with E-state index in [2.05, 4.69) is 20.8 Å². The number of nitrogens with zero attached hydrogens (tertiary/aromatic N) is 3. The molecule has 0 spiro atoms. The molecule has 0 aliphatic rings. The van der Waals surface area contributed by atoms with Gasteiger partial charge in [0.2, 0.25) is 5.91 Å². The molecule has 0 saturated heterocycles. The van der Waals surface area contributed by atoms with Gasteiger partial charge in [-0.2, -0.15) is 0 Å². The van der Waals surface area contributed by atoms with Crippen molar-refractivity contribution in [1.29, 1.82) is 0 Å².